The quantitative estimate of drug-likeness (QED) is 0.416. The number of ether oxygens (including phenoxy) is 3. The summed E-state index contributed by atoms with van der Waals surface area (Å²) in [4.78, 5) is 39.7. The number of aromatic nitrogens is 3. The van der Waals surface area contributed by atoms with Gasteiger partial charge in [-0.1, -0.05) is 11.6 Å². The second kappa shape index (κ2) is 11.3. The maximum atomic E-state index is 13.2. The zero-order chi connectivity index (χ0) is 31.4. The van der Waals surface area contributed by atoms with Crippen molar-refractivity contribution < 1.29 is 28.3 Å². The fourth-order valence-corrected chi connectivity index (χ4v) is 7.44. The Morgan fingerprint density at radius 3 is 2.52 bits per heavy atom. The van der Waals surface area contributed by atoms with Gasteiger partial charge in [-0.3, -0.25) is 14.6 Å². The van der Waals surface area contributed by atoms with Gasteiger partial charge in [0.25, 0.3) is 0 Å². The summed E-state index contributed by atoms with van der Waals surface area (Å²) in [7, 11) is 2.12. The highest BCUT2D eigenvalue weighted by Crippen LogP contribution is 2.48. The van der Waals surface area contributed by atoms with Crippen molar-refractivity contribution in [2.45, 2.75) is 134 Å². The Morgan fingerprint density at radius 1 is 1.09 bits per heavy atom. The van der Waals surface area contributed by atoms with Crippen LogP contribution in [0.5, 0.6) is 11.8 Å². The Bertz CT molecular complexity index is 1420. The third kappa shape index (κ3) is 5.56. The van der Waals surface area contributed by atoms with Crippen molar-refractivity contribution in [3.8, 4) is 23.3 Å². The number of hydrogen-bond acceptors (Lipinski definition) is 10. The number of amides is 1. The van der Waals surface area contributed by atoms with Crippen molar-refractivity contribution in [3.63, 3.8) is 0 Å². The second-order valence-corrected chi connectivity index (χ2v) is 14.6. The number of Topliss-reactive ketones (excluding diaryl/α,β-unsaturated/α-hetero) is 1. The van der Waals surface area contributed by atoms with E-state index in [2.05, 4.69) is 24.0 Å². The van der Waals surface area contributed by atoms with Crippen LogP contribution in [-0.4, -0.2) is 86.3 Å². The second-order valence-electron chi connectivity index (χ2n) is 14.6. The minimum absolute atomic E-state index is 0.102. The summed E-state index contributed by atoms with van der Waals surface area (Å²) in [5.41, 5.74) is -0.337. The first-order valence-corrected chi connectivity index (χ1v) is 16.2. The molecular weight excluding hydrogens is 562 g/mol. The number of carbonyl (C=O) groups is 2. The van der Waals surface area contributed by atoms with Gasteiger partial charge in [0.1, 0.15) is 23.6 Å². The Balaban J connectivity index is 1.31. The molecule has 1 spiro atoms. The van der Waals surface area contributed by atoms with E-state index in [9.17, 15) is 9.59 Å². The van der Waals surface area contributed by atoms with Gasteiger partial charge in [-0.05, 0) is 100 Å². The summed E-state index contributed by atoms with van der Waals surface area (Å²) in [6.45, 7) is 13.0. The zero-order valence-corrected chi connectivity index (χ0v) is 27.3. The molecule has 4 heterocycles. The van der Waals surface area contributed by atoms with Crippen LogP contribution in [0.25, 0.3) is 11.5 Å². The molecule has 2 aromatic rings. The van der Waals surface area contributed by atoms with Crippen molar-refractivity contribution in [1.29, 1.82) is 0 Å². The largest absolute Gasteiger partial charge is 0.473 e. The van der Waals surface area contributed by atoms with Crippen LogP contribution in [-0.2, 0) is 21.4 Å². The minimum atomic E-state index is -0.616. The molecule has 11 nitrogen and oxygen atoms in total. The molecule has 1 saturated carbocycles. The lowest BCUT2D eigenvalue weighted by atomic mass is 9.64. The normalized spacial score (nSPS) is 27.5. The predicted molar refractivity (Wildman–Crippen MR) is 163 cm³/mol. The van der Waals surface area contributed by atoms with E-state index in [-0.39, 0.29) is 30.1 Å². The molecule has 0 unspecified atom stereocenters. The lowest BCUT2D eigenvalue weighted by Gasteiger charge is -2.53. The van der Waals surface area contributed by atoms with Crippen LogP contribution in [0, 0.1) is 0 Å². The summed E-state index contributed by atoms with van der Waals surface area (Å²) in [6, 6.07) is 2.00. The molecule has 240 valence electrons. The van der Waals surface area contributed by atoms with E-state index in [0.29, 0.717) is 42.0 Å². The molecule has 2 saturated heterocycles. The fourth-order valence-electron chi connectivity index (χ4n) is 7.44. The maximum Gasteiger partial charge on any atom is 0.410 e. The number of nitrogens with zero attached hydrogens (tertiary/aromatic N) is 5. The molecule has 0 radical (unpaired) electrons. The number of carbonyl (C=O) groups excluding carboxylic acids is 2. The summed E-state index contributed by atoms with van der Waals surface area (Å²) >= 11 is 0. The molecular formula is C33H47N5O6. The van der Waals surface area contributed by atoms with E-state index in [1.165, 1.54) is 0 Å². The first-order chi connectivity index (χ1) is 20.8. The summed E-state index contributed by atoms with van der Waals surface area (Å²) < 4.78 is 24.5. The van der Waals surface area contributed by atoms with Crippen molar-refractivity contribution in [1.82, 2.24) is 24.9 Å². The molecule has 44 heavy (non-hydrogen) atoms. The summed E-state index contributed by atoms with van der Waals surface area (Å²) in [5.74, 6) is 2.04. The topological polar surface area (TPSA) is 120 Å². The minimum Gasteiger partial charge on any atom is -0.473 e. The zero-order valence-electron chi connectivity index (χ0n) is 27.3. The molecule has 6 rings (SSSR count). The molecule has 3 fully saturated rings. The number of hydrogen-bond donors (Lipinski definition) is 0. The molecule has 0 N–H and O–H groups in total. The highest BCUT2D eigenvalue weighted by molar-refractivity contribution is 5.91. The Morgan fingerprint density at radius 2 is 1.84 bits per heavy atom. The van der Waals surface area contributed by atoms with Gasteiger partial charge in [0.15, 0.2) is 17.3 Å². The lowest BCUT2D eigenvalue weighted by molar-refractivity contribution is -0.128. The van der Waals surface area contributed by atoms with E-state index in [4.69, 9.17) is 28.7 Å². The van der Waals surface area contributed by atoms with E-state index in [1.807, 2.05) is 34.6 Å². The van der Waals surface area contributed by atoms with Crippen LogP contribution in [0.2, 0.25) is 0 Å². The van der Waals surface area contributed by atoms with Crippen LogP contribution < -0.4 is 9.47 Å². The Hall–Kier alpha value is -3.21. The molecule has 0 aromatic carbocycles. The van der Waals surface area contributed by atoms with Crippen molar-refractivity contribution >= 4 is 11.9 Å². The van der Waals surface area contributed by atoms with E-state index < -0.39 is 16.6 Å². The lowest BCUT2D eigenvalue weighted by Crippen LogP contribution is -2.71. The first kappa shape index (κ1) is 30.8. The van der Waals surface area contributed by atoms with Crippen molar-refractivity contribution in [2.75, 3.05) is 20.1 Å². The van der Waals surface area contributed by atoms with Gasteiger partial charge in [-0.15, -0.1) is 0 Å². The van der Waals surface area contributed by atoms with Gasteiger partial charge in [0.2, 0.25) is 11.8 Å². The highest BCUT2D eigenvalue weighted by Gasteiger charge is 2.53. The van der Waals surface area contributed by atoms with Crippen LogP contribution in [0.4, 0.5) is 4.79 Å². The predicted octanol–water partition coefficient (Wildman–Crippen LogP) is 5.49. The third-order valence-corrected chi connectivity index (χ3v) is 10.1. The molecule has 11 heteroatoms. The summed E-state index contributed by atoms with van der Waals surface area (Å²) in [5, 5.41) is 4.47. The van der Waals surface area contributed by atoms with Crippen molar-refractivity contribution in [2.24, 2.45) is 0 Å². The molecule has 4 aliphatic rings. The molecule has 2 aliphatic carbocycles. The van der Waals surface area contributed by atoms with Gasteiger partial charge in [0, 0.05) is 18.0 Å². The Labute approximate surface area is 260 Å². The van der Waals surface area contributed by atoms with E-state index in [0.717, 1.165) is 63.5 Å². The average Bonchev–Trinajstić information content (AvgIpc) is 3.58. The smallest absolute Gasteiger partial charge is 0.410 e. The number of likely N-dealkylation sites (tertiary alicyclic amines) is 2. The number of likely N-dealkylation sites (N-methyl/N-ethyl adjacent to an activating group) is 1. The number of fused-ring (bicyclic) bond motifs is 2. The standard InChI is InChI=1S/C33H47N5O6/c1-20(22-13-11-17-37(22)7)41-25-18-26(42-24-19-38(32(24,5)6)30(40)43-31(2,3)4)35-29(34-25)27-21-12-10-16-33(28(21)44-36-27)15-9-8-14-23(33)39/h18,20,22,24H,8-17,19H2,1-7H3/t20-,22-,24+,33+/m0/s1. The highest BCUT2D eigenvalue weighted by atomic mass is 16.6. The summed E-state index contributed by atoms with van der Waals surface area (Å²) in [6.07, 6.45) is 7.13. The van der Waals surface area contributed by atoms with Crippen LogP contribution in [0.1, 0.15) is 104 Å². The molecule has 1 amide bonds. The maximum absolute atomic E-state index is 13.2. The van der Waals surface area contributed by atoms with Crippen LogP contribution >= 0.6 is 0 Å². The SMILES string of the molecule is C[C@H](Oc1cc(O[C@@H]2CN(C(=O)OC(C)(C)C)C2(C)C)nc(-c2noc3c2CCC[C@@]32CCCCC2=O)n1)[C@@H]1CCCN1C. The Kier molecular flexibility index (Phi) is 7.91. The molecule has 0 bridgehead atoms. The van der Waals surface area contributed by atoms with Crippen LogP contribution in [0.3, 0.4) is 0 Å². The number of ketones is 1. The van der Waals surface area contributed by atoms with E-state index >= 15 is 0 Å². The first-order valence-electron chi connectivity index (χ1n) is 16.2. The molecule has 2 aromatic heterocycles. The van der Waals surface area contributed by atoms with E-state index in [1.54, 1.807) is 11.0 Å². The van der Waals surface area contributed by atoms with Gasteiger partial charge >= 0.3 is 6.09 Å². The molecule has 4 atom stereocenters. The van der Waals surface area contributed by atoms with Gasteiger partial charge in [0.05, 0.1) is 23.6 Å². The number of rotatable bonds is 6. The molecule has 2 aliphatic heterocycles. The van der Waals surface area contributed by atoms with Gasteiger partial charge in [-0.25, -0.2) is 4.79 Å². The third-order valence-electron chi connectivity index (χ3n) is 10.1. The van der Waals surface area contributed by atoms with Crippen LogP contribution in [0.15, 0.2) is 10.6 Å². The fraction of sp³-hybridized carbons (Fsp3) is 0.727. The van der Waals surface area contributed by atoms with Crippen molar-refractivity contribution in [3.05, 3.63) is 17.4 Å². The average molecular weight is 610 g/mol. The van der Waals surface area contributed by atoms with Gasteiger partial charge in [-0.2, -0.15) is 9.97 Å². The monoisotopic (exact) mass is 609 g/mol. The van der Waals surface area contributed by atoms with Gasteiger partial charge < -0.3 is 18.7 Å².